The monoisotopic (exact) mass is 337 g/mol. The van der Waals surface area contributed by atoms with Gasteiger partial charge in [-0.05, 0) is 73.5 Å². The molecule has 0 spiro atoms. The van der Waals surface area contributed by atoms with E-state index in [4.69, 9.17) is 0 Å². The second kappa shape index (κ2) is 5.42. The van der Waals surface area contributed by atoms with Crippen molar-refractivity contribution in [1.29, 1.82) is 0 Å². The number of nitrogens with zero attached hydrogens (tertiary/aromatic N) is 1. The summed E-state index contributed by atoms with van der Waals surface area (Å²) in [5.41, 5.74) is 3.93. The fraction of sp³-hybridized carbons (Fsp3) is 0.696. The van der Waals surface area contributed by atoms with Crippen molar-refractivity contribution in [3.8, 4) is 0 Å². The van der Waals surface area contributed by atoms with Crippen LogP contribution in [0.3, 0.4) is 0 Å². The molecule has 5 aliphatic rings. The van der Waals surface area contributed by atoms with Gasteiger partial charge in [0.1, 0.15) is 0 Å². The lowest BCUT2D eigenvalue weighted by Gasteiger charge is -2.58. The zero-order valence-electron chi connectivity index (χ0n) is 15.6. The Morgan fingerprint density at radius 3 is 2.68 bits per heavy atom. The second-order valence-corrected chi connectivity index (χ2v) is 9.67. The van der Waals surface area contributed by atoms with Gasteiger partial charge in [0.2, 0.25) is 0 Å². The van der Waals surface area contributed by atoms with Crippen LogP contribution in [-0.4, -0.2) is 17.4 Å². The molecule has 1 aliphatic heterocycles. The van der Waals surface area contributed by atoms with E-state index >= 15 is 0 Å². The van der Waals surface area contributed by atoms with Crippen LogP contribution in [0, 0.1) is 34.5 Å². The maximum atomic E-state index is 10.1. The predicted octanol–water partition coefficient (Wildman–Crippen LogP) is 5.06. The molecule has 4 aliphatic carbocycles. The highest BCUT2D eigenvalue weighted by atomic mass is 16.3. The Morgan fingerprint density at radius 2 is 1.88 bits per heavy atom. The number of fused-ring (bicyclic) bond motifs is 5. The Morgan fingerprint density at radius 1 is 1.04 bits per heavy atom. The van der Waals surface area contributed by atoms with Crippen molar-refractivity contribution < 1.29 is 5.11 Å². The summed E-state index contributed by atoms with van der Waals surface area (Å²) in [6, 6.07) is 0. The molecule has 4 unspecified atom stereocenters. The Labute approximate surface area is 151 Å². The third-order valence-corrected chi connectivity index (χ3v) is 8.70. The maximum absolute atomic E-state index is 10.1. The van der Waals surface area contributed by atoms with Crippen LogP contribution in [0.1, 0.15) is 58.8 Å². The average molecular weight is 338 g/mol. The van der Waals surface area contributed by atoms with Crippen LogP contribution in [0.25, 0.3) is 0 Å². The van der Waals surface area contributed by atoms with Crippen LogP contribution in [0.5, 0.6) is 0 Å². The minimum absolute atomic E-state index is 0.0991. The van der Waals surface area contributed by atoms with Crippen LogP contribution in [0.4, 0.5) is 0 Å². The first kappa shape index (κ1) is 16.1. The van der Waals surface area contributed by atoms with E-state index < -0.39 is 0 Å². The predicted molar refractivity (Wildman–Crippen MR) is 102 cm³/mol. The molecule has 0 radical (unpaired) electrons. The van der Waals surface area contributed by atoms with Gasteiger partial charge in [-0.1, -0.05) is 43.2 Å². The molecular formula is C23H31NO. The molecule has 7 atom stereocenters. The quantitative estimate of drug-likeness (QED) is 0.666. The molecule has 0 aromatic rings. The summed E-state index contributed by atoms with van der Waals surface area (Å²) in [6.45, 7) is 5.05. The summed E-state index contributed by atoms with van der Waals surface area (Å²) < 4.78 is 0. The van der Waals surface area contributed by atoms with Crippen LogP contribution in [0.2, 0.25) is 0 Å². The molecule has 2 saturated carbocycles. The molecular weight excluding hydrogens is 306 g/mol. The zero-order chi connectivity index (χ0) is 17.2. The van der Waals surface area contributed by atoms with Crippen LogP contribution < -0.4 is 0 Å². The molecule has 0 bridgehead atoms. The minimum Gasteiger partial charge on any atom is -0.393 e. The SMILES string of the molecule is C[C@]12CC[C@H](O)CC1=CCC1C2CC[C@]2(C)C(C3C=CN=C3)=CCC12. The zero-order valence-corrected chi connectivity index (χ0v) is 15.6. The van der Waals surface area contributed by atoms with Crippen molar-refractivity contribution in [2.45, 2.75) is 64.9 Å². The second-order valence-electron chi connectivity index (χ2n) is 9.67. The van der Waals surface area contributed by atoms with Crippen molar-refractivity contribution in [2.24, 2.45) is 39.5 Å². The normalized spacial score (nSPS) is 50.8. The van der Waals surface area contributed by atoms with Gasteiger partial charge in [0, 0.05) is 18.3 Å². The largest absolute Gasteiger partial charge is 0.393 e. The summed E-state index contributed by atoms with van der Waals surface area (Å²) in [5.74, 6) is 2.88. The van der Waals surface area contributed by atoms with Gasteiger partial charge in [0.25, 0.3) is 0 Å². The minimum atomic E-state index is -0.0991. The van der Waals surface area contributed by atoms with Crippen LogP contribution in [-0.2, 0) is 0 Å². The maximum Gasteiger partial charge on any atom is 0.0577 e. The number of hydrogen-bond acceptors (Lipinski definition) is 2. The summed E-state index contributed by atoms with van der Waals surface area (Å²) in [6.07, 6.45) is 19.6. The Hall–Kier alpha value is -1.15. The summed E-state index contributed by atoms with van der Waals surface area (Å²) in [5, 5.41) is 10.1. The van der Waals surface area contributed by atoms with Crippen molar-refractivity contribution in [3.05, 3.63) is 35.6 Å². The Bertz CT molecular complexity index is 689. The van der Waals surface area contributed by atoms with Gasteiger partial charge >= 0.3 is 0 Å². The van der Waals surface area contributed by atoms with E-state index in [1.165, 1.54) is 32.1 Å². The highest BCUT2D eigenvalue weighted by Gasteiger charge is 2.57. The summed E-state index contributed by atoms with van der Waals surface area (Å²) >= 11 is 0. The number of rotatable bonds is 1. The molecule has 2 heteroatoms. The molecule has 1 heterocycles. The van der Waals surface area contributed by atoms with Crippen LogP contribution in [0.15, 0.2) is 40.6 Å². The number of aliphatic hydroxyl groups excluding tert-OH is 1. The molecule has 2 fully saturated rings. The van der Waals surface area contributed by atoms with Gasteiger partial charge in [-0.3, -0.25) is 4.99 Å². The van der Waals surface area contributed by atoms with Gasteiger partial charge in [0.05, 0.1) is 6.10 Å². The van der Waals surface area contributed by atoms with Gasteiger partial charge < -0.3 is 5.11 Å². The van der Waals surface area contributed by atoms with E-state index in [0.717, 1.165) is 30.6 Å². The van der Waals surface area contributed by atoms with Gasteiger partial charge in [-0.2, -0.15) is 0 Å². The molecule has 2 nitrogen and oxygen atoms in total. The molecule has 5 rings (SSSR count). The molecule has 25 heavy (non-hydrogen) atoms. The molecule has 1 N–H and O–H groups in total. The first-order valence-corrected chi connectivity index (χ1v) is 10.3. The lowest BCUT2D eigenvalue weighted by Crippen LogP contribution is -2.50. The van der Waals surface area contributed by atoms with Gasteiger partial charge in [0.15, 0.2) is 0 Å². The molecule has 0 amide bonds. The molecule has 0 aromatic heterocycles. The molecule has 0 aromatic carbocycles. The highest BCUT2D eigenvalue weighted by molar-refractivity contribution is 5.72. The van der Waals surface area contributed by atoms with E-state index in [0.29, 0.717) is 16.7 Å². The number of aliphatic hydroxyl groups is 1. The van der Waals surface area contributed by atoms with E-state index in [1.54, 1.807) is 11.1 Å². The Balaban J connectivity index is 1.46. The lowest BCUT2D eigenvalue weighted by molar-refractivity contribution is -0.0303. The van der Waals surface area contributed by atoms with E-state index in [9.17, 15) is 5.11 Å². The first-order chi connectivity index (χ1) is 12.0. The third kappa shape index (κ3) is 2.16. The third-order valence-electron chi connectivity index (χ3n) is 8.70. The summed E-state index contributed by atoms with van der Waals surface area (Å²) in [7, 11) is 0. The summed E-state index contributed by atoms with van der Waals surface area (Å²) in [4.78, 5) is 4.35. The number of allylic oxidation sites excluding steroid dienone is 4. The van der Waals surface area contributed by atoms with E-state index in [-0.39, 0.29) is 6.10 Å². The lowest BCUT2D eigenvalue weighted by atomic mass is 9.47. The number of aliphatic imine (C=N–C) groups is 1. The van der Waals surface area contributed by atoms with Gasteiger partial charge in [-0.25, -0.2) is 0 Å². The highest BCUT2D eigenvalue weighted by Crippen LogP contribution is 2.65. The van der Waals surface area contributed by atoms with Crippen molar-refractivity contribution in [3.63, 3.8) is 0 Å². The van der Waals surface area contributed by atoms with Crippen molar-refractivity contribution in [2.75, 3.05) is 0 Å². The van der Waals surface area contributed by atoms with Gasteiger partial charge in [-0.15, -0.1) is 0 Å². The Kier molecular flexibility index (Phi) is 3.48. The van der Waals surface area contributed by atoms with Crippen molar-refractivity contribution in [1.82, 2.24) is 0 Å². The van der Waals surface area contributed by atoms with Crippen molar-refractivity contribution >= 4 is 6.21 Å². The fourth-order valence-electron chi connectivity index (χ4n) is 7.28. The van der Waals surface area contributed by atoms with Crippen LogP contribution >= 0.6 is 0 Å². The standard InChI is InChI=1S/C23H31NO/c1-22-10-7-17(25)13-16(22)3-4-18-20-6-5-19(15-9-12-24-14-15)23(20,2)11-8-21(18)22/h3,5,9,12,14-15,17-18,20-21,25H,4,6-8,10-11,13H2,1-2H3/t15?,17-,18?,20?,21?,22-,23+/m0/s1. The topological polar surface area (TPSA) is 32.6 Å². The first-order valence-electron chi connectivity index (χ1n) is 10.3. The smallest absolute Gasteiger partial charge is 0.0577 e. The fourth-order valence-corrected chi connectivity index (χ4v) is 7.28. The average Bonchev–Trinajstić information content (AvgIpc) is 3.22. The van der Waals surface area contributed by atoms with E-state index in [1.807, 2.05) is 6.20 Å². The number of hydrogen-bond donors (Lipinski definition) is 1. The molecule has 134 valence electrons. The van der Waals surface area contributed by atoms with E-state index in [2.05, 4.69) is 43.3 Å². The molecule has 0 saturated heterocycles.